The fourth-order valence-electron chi connectivity index (χ4n) is 2.39. The lowest BCUT2D eigenvalue weighted by Crippen LogP contribution is -2.40. The van der Waals surface area contributed by atoms with Crippen molar-refractivity contribution in [1.29, 1.82) is 0 Å². The first-order valence-corrected chi connectivity index (χ1v) is 6.40. The summed E-state index contributed by atoms with van der Waals surface area (Å²) in [5.74, 6) is 0.617. The van der Waals surface area contributed by atoms with E-state index in [2.05, 4.69) is 5.32 Å². The molecule has 0 amide bonds. The summed E-state index contributed by atoms with van der Waals surface area (Å²) in [6.45, 7) is 7.15. The van der Waals surface area contributed by atoms with Crippen LogP contribution in [0.15, 0.2) is 0 Å². The first kappa shape index (κ1) is 13.5. The minimum absolute atomic E-state index is 0.204. The standard InChI is InChI=1S/C13H25NO2/c1-11(15)16-13(2,3)10-14-9-12-7-5-4-6-8-12/h12,14H,4-10H2,1-3H3. The van der Waals surface area contributed by atoms with Crippen LogP contribution in [0.1, 0.15) is 52.9 Å². The maximum absolute atomic E-state index is 10.9. The van der Waals surface area contributed by atoms with Crippen LogP contribution in [0.25, 0.3) is 0 Å². The van der Waals surface area contributed by atoms with Crippen molar-refractivity contribution in [3.05, 3.63) is 0 Å². The number of carbonyl (C=O) groups excluding carboxylic acids is 1. The Morgan fingerprint density at radius 3 is 2.50 bits per heavy atom. The van der Waals surface area contributed by atoms with E-state index in [9.17, 15) is 4.79 Å². The summed E-state index contributed by atoms with van der Waals surface area (Å²) in [7, 11) is 0. The molecule has 0 atom stereocenters. The molecule has 0 aromatic heterocycles. The Labute approximate surface area is 98.9 Å². The van der Waals surface area contributed by atoms with Crippen LogP contribution in [0, 0.1) is 5.92 Å². The molecular weight excluding hydrogens is 202 g/mol. The fourth-order valence-corrected chi connectivity index (χ4v) is 2.39. The SMILES string of the molecule is CC(=O)OC(C)(C)CNCC1CCCCC1. The van der Waals surface area contributed by atoms with Crippen LogP contribution >= 0.6 is 0 Å². The molecule has 1 saturated carbocycles. The summed E-state index contributed by atoms with van der Waals surface area (Å²) < 4.78 is 5.23. The molecule has 1 N–H and O–H groups in total. The third-order valence-electron chi connectivity index (χ3n) is 3.13. The van der Waals surface area contributed by atoms with Gasteiger partial charge in [-0.15, -0.1) is 0 Å². The molecule has 0 aliphatic heterocycles. The lowest BCUT2D eigenvalue weighted by Gasteiger charge is -2.27. The van der Waals surface area contributed by atoms with Crippen LogP contribution in [0.4, 0.5) is 0 Å². The number of rotatable bonds is 5. The van der Waals surface area contributed by atoms with Gasteiger partial charge in [0.1, 0.15) is 5.60 Å². The van der Waals surface area contributed by atoms with E-state index in [-0.39, 0.29) is 11.6 Å². The monoisotopic (exact) mass is 227 g/mol. The zero-order valence-corrected chi connectivity index (χ0v) is 10.8. The Hall–Kier alpha value is -0.570. The third-order valence-corrected chi connectivity index (χ3v) is 3.13. The average Bonchev–Trinajstić information content (AvgIpc) is 2.16. The van der Waals surface area contributed by atoms with Crippen molar-refractivity contribution in [2.24, 2.45) is 5.92 Å². The van der Waals surface area contributed by atoms with Crippen molar-refractivity contribution in [2.75, 3.05) is 13.1 Å². The Kier molecular flexibility index (Phi) is 5.26. The van der Waals surface area contributed by atoms with Gasteiger partial charge < -0.3 is 10.1 Å². The topological polar surface area (TPSA) is 38.3 Å². The smallest absolute Gasteiger partial charge is 0.303 e. The molecule has 0 heterocycles. The number of hydrogen-bond acceptors (Lipinski definition) is 3. The summed E-state index contributed by atoms with van der Waals surface area (Å²) in [4.78, 5) is 10.9. The summed E-state index contributed by atoms with van der Waals surface area (Å²) in [6, 6.07) is 0. The van der Waals surface area contributed by atoms with Crippen LogP contribution < -0.4 is 5.32 Å². The van der Waals surface area contributed by atoms with Crippen LogP contribution in [0.3, 0.4) is 0 Å². The lowest BCUT2D eigenvalue weighted by atomic mass is 9.89. The van der Waals surface area contributed by atoms with Crippen LogP contribution in [-0.2, 0) is 9.53 Å². The zero-order chi connectivity index (χ0) is 12.0. The van der Waals surface area contributed by atoms with Crippen molar-refractivity contribution in [1.82, 2.24) is 5.32 Å². The molecule has 1 fully saturated rings. The summed E-state index contributed by atoms with van der Waals surface area (Å²) in [6.07, 6.45) is 6.84. The highest BCUT2D eigenvalue weighted by Gasteiger charge is 2.21. The third kappa shape index (κ3) is 5.50. The Balaban J connectivity index is 2.15. The van der Waals surface area contributed by atoms with Gasteiger partial charge in [-0.05, 0) is 39.2 Å². The van der Waals surface area contributed by atoms with Crippen LogP contribution in [-0.4, -0.2) is 24.7 Å². The van der Waals surface area contributed by atoms with Gasteiger partial charge in [0.25, 0.3) is 0 Å². The molecule has 0 bridgehead atoms. The highest BCUT2D eigenvalue weighted by atomic mass is 16.6. The summed E-state index contributed by atoms with van der Waals surface area (Å²) >= 11 is 0. The average molecular weight is 227 g/mol. The molecular formula is C13H25NO2. The van der Waals surface area contributed by atoms with Gasteiger partial charge in [-0.25, -0.2) is 0 Å². The van der Waals surface area contributed by atoms with Crippen molar-refractivity contribution < 1.29 is 9.53 Å². The van der Waals surface area contributed by atoms with Crippen LogP contribution in [0.5, 0.6) is 0 Å². The fraction of sp³-hybridized carbons (Fsp3) is 0.923. The van der Waals surface area contributed by atoms with E-state index in [1.54, 1.807) is 0 Å². The van der Waals surface area contributed by atoms with E-state index < -0.39 is 0 Å². The van der Waals surface area contributed by atoms with Crippen molar-refractivity contribution in [2.45, 2.75) is 58.5 Å². The molecule has 0 saturated heterocycles. The van der Waals surface area contributed by atoms with Crippen molar-refractivity contribution in [3.63, 3.8) is 0 Å². The van der Waals surface area contributed by atoms with Gasteiger partial charge in [-0.1, -0.05) is 19.3 Å². The second-order valence-electron chi connectivity index (χ2n) is 5.49. The van der Waals surface area contributed by atoms with E-state index in [1.807, 2.05) is 13.8 Å². The minimum Gasteiger partial charge on any atom is -0.458 e. The molecule has 1 rings (SSSR count). The molecule has 0 radical (unpaired) electrons. The molecule has 0 aromatic rings. The van der Waals surface area contributed by atoms with Crippen LogP contribution in [0.2, 0.25) is 0 Å². The molecule has 0 spiro atoms. The molecule has 16 heavy (non-hydrogen) atoms. The first-order valence-electron chi connectivity index (χ1n) is 6.40. The minimum atomic E-state index is -0.388. The lowest BCUT2D eigenvalue weighted by molar-refractivity contribution is -0.153. The van der Waals surface area contributed by atoms with Gasteiger partial charge in [-0.3, -0.25) is 4.79 Å². The first-order chi connectivity index (χ1) is 7.49. The van der Waals surface area contributed by atoms with E-state index >= 15 is 0 Å². The van der Waals surface area contributed by atoms with Gasteiger partial charge in [0.05, 0.1) is 0 Å². The molecule has 1 aliphatic rings. The van der Waals surface area contributed by atoms with Crippen molar-refractivity contribution in [3.8, 4) is 0 Å². The Morgan fingerprint density at radius 1 is 1.31 bits per heavy atom. The number of hydrogen-bond donors (Lipinski definition) is 1. The maximum Gasteiger partial charge on any atom is 0.303 e. The molecule has 3 nitrogen and oxygen atoms in total. The van der Waals surface area contributed by atoms with Gasteiger partial charge in [0, 0.05) is 13.5 Å². The normalized spacial score (nSPS) is 18.4. The van der Waals surface area contributed by atoms with Gasteiger partial charge >= 0.3 is 5.97 Å². The predicted molar refractivity (Wildman–Crippen MR) is 65.3 cm³/mol. The molecule has 94 valence electrons. The summed E-state index contributed by atoms with van der Waals surface area (Å²) in [5.41, 5.74) is -0.388. The van der Waals surface area contributed by atoms with E-state index in [0.717, 1.165) is 19.0 Å². The second kappa shape index (κ2) is 6.24. The maximum atomic E-state index is 10.9. The van der Waals surface area contributed by atoms with E-state index in [1.165, 1.54) is 39.0 Å². The van der Waals surface area contributed by atoms with Gasteiger partial charge in [0.15, 0.2) is 0 Å². The Bertz CT molecular complexity index is 220. The highest BCUT2D eigenvalue weighted by molar-refractivity contribution is 5.66. The number of esters is 1. The number of carbonyl (C=O) groups is 1. The zero-order valence-electron chi connectivity index (χ0n) is 10.8. The van der Waals surface area contributed by atoms with Gasteiger partial charge in [-0.2, -0.15) is 0 Å². The number of nitrogens with one attached hydrogen (secondary N) is 1. The van der Waals surface area contributed by atoms with Crippen molar-refractivity contribution >= 4 is 5.97 Å². The second-order valence-corrected chi connectivity index (χ2v) is 5.49. The highest BCUT2D eigenvalue weighted by Crippen LogP contribution is 2.22. The largest absolute Gasteiger partial charge is 0.458 e. The van der Waals surface area contributed by atoms with Gasteiger partial charge in [0.2, 0.25) is 0 Å². The quantitative estimate of drug-likeness (QED) is 0.733. The molecule has 0 aromatic carbocycles. The predicted octanol–water partition coefficient (Wildman–Crippen LogP) is 2.50. The number of ether oxygens (including phenoxy) is 1. The molecule has 0 unspecified atom stereocenters. The molecule has 3 heteroatoms. The summed E-state index contributed by atoms with van der Waals surface area (Å²) in [5, 5.41) is 3.42. The molecule has 1 aliphatic carbocycles. The van der Waals surface area contributed by atoms with E-state index in [4.69, 9.17) is 4.74 Å². The Morgan fingerprint density at radius 2 is 1.94 bits per heavy atom. The van der Waals surface area contributed by atoms with E-state index in [0.29, 0.717) is 0 Å².